The maximum absolute atomic E-state index is 13.1. The zero-order chi connectivity index (χ0) is 37.8. The number of aliphatic hydroxyl groups excluding tert-OH is 2. The number of carbonyl (C=O) groups excluding carboxylic acids is 3. The molecule has 2 atom stereocenters. The van der Waals surface area contributed by atoms with Crippen LogP contribution in [0, 0.1) is 0 Å². The maximum Gasteiger partial charge on any atom is 0.325 e. The van der Waals surface area contributed by atoms with E-state index in [9.17, 15) is 24.6 Å². The summed E-state index contributed by atoms with van der Waals surface area (Å²) in [5, 5.41) is 28.1. The van der Waals surface area contributed by atoms with E-state index in [1.165, 1.54) is 33.6 Å². The molecule has 0 fully saturated rings. The van der Waals surface area contributed by atoms with Crippen molar-refractivity contribution in [2.24, 2.45) is 0 Å². The first kappa shape index (κ1) is 40.2. The first-order valence-corrected chi connectivity index (χ1v) is 16.7. The van der Waals surface area contributed by atoms with E-state index in [1.807, 2.05) is 0 Å². The SMILES string of the molecule is COC(=O)[C@H](CO)NCc1ccc(C(=O)Nc2cccc(-c3cccc(OCc4nc(OC)c(CN[C@@H](CO)C(=O)OC)cc4Cl)c3Cl)c2Cl)nc1. The first-order valence-electron chi connectivity index (χ1n) is 15.6. The van der Waals surface area contributed by atoms with Crippen LogP contribution in [-0.2, 0) is 38.8 Å². The van der Waals surface area contributed by atoms with Gasteiger partial charge in [0.15, 0.2) is 0 Å². The van der Waals surface area contributed by atoms with Crippen LogP contribution in [0.25, 0.3) is 11.1 Å². The van der Waals surface area contributed by atoms with Gasteiger partial charge in [-0.05, 0) is 29.8 Å². The second kappa shape index (κ2) is 19.3. The molecule has 2 heterocycles. The van der Waals surface area contributed by atoms with E-state index >= 15 is 0 Å². The highest BCUT2D eigenvalue weighted by Crippen LogP contribution is 2.41. The molecule has 17 heteroatoms. The molecule has 0 aliphatic carbocycles. The Morgan fingerprint density at radius 2 is 1.46 bits per heavy atom. The van der Waals surface area contributed by atoms with Crippen LogP contribution in [0.15, 0.2) is 60.8 Å². The lowest BCUT2D eigenvalue weighted by Gasteiger charge is -2.17. The fourth-order valence-corrected chi connectivity index (χ4v) is 5.60. The van der Waals surface area contributed by atoms with Crippen molar-refractivity contribution in [1.82, 2.24) is 20.6 Å². The maximum atomic E-state index is 13.1. The fraction of sp³-hybridized carbons (Fsp3) is 0.286. The summed E-state index contributed by atoms with van der Waals surface area (Å²) in [7, 11) is 3.89. The molecule has 0 saturated carbocycles. The number of halogens is 3. The molecule has 1 amide bonds. The Hall–Kier alpha value is -4.54. The molecule has 0 saturated heterocycles. The van der Waals surface area contributed by atoms with Gasteiger partial charge in [-0.15, -0.1) is 0 Å². The Balaban J connectivity index is 1.45. The number of pyridine rings is 2. The van der Waals surface area contributed by atoms with E-state index in [1.54, 1.807) is 48.5 Å². The average Bonchev–Trinajstić information content (AvgIpc) is 3.16. The van der Waals surface area contributed by atoms with Crippen molar-refractivity contribution in [3.63, 3.8) is 0 Å². The summed E-state index contributed by atoms with van der Waals surface area (Å²) >= 11 is 20.1. The molecule has 0 aliphatic heterocycles. The van der Waals surface area contributed by atoms with Gasteiger partial charge in [0, 0.05) is 36.0 Å². The summed E-state index contributed by atoms with van der Waals surface area (Å²) in [6, 6.07) is 13.2. The molecule has 2 aromatic heterocycles. The van der Waals surface area contributed by atoms with Gasteiger partial charge in [-0.2, -0.15) is 0 Å². The molecular weight excluding hydrogens is 741 g/mol. The summed E-state index contributed by atoms with van der Waals surface area (Å²) in [6.07, 6.45) is 1.47. The second-order valence-electron chi connectivity index (χ2n) is 10.9. The molecule has 276 valence electrons. The second-order valence-corrected chi connectivity index (χ2v) is 12.1. The Bertz CT molecular complexity index is 1880. The van der Waals surface area contributed by atoms with Crippen molar-refractivity contribution < 1.29 is 43.5 Å². The van der Waals surface area contributed by atoms with Crippen molar-refractivity contribution >= 4 is 58.3 Å². The van der Waals surface area contributed by atoms with Crippen molar-refractivity contribution in [3.8, 4) is 22.8 Å². The quantitative estimate of drug-likeness (QED) is 0.0961. The number of rotatable bonds is 17. The van der Waals surface area contributed by atoms with Crippen LogP contribution in [0.2, 0.25) is 15.1 Å². The van der Waals surface area contributed by atoms with E-state index in [2.05, 4.69) is 35.4 Å². The average molecular weight is 777 g/mol. The Labute approximate surface area is 314 Å². The van der Waals surface area contributed by atoms with Gasteiger partial charge in [-0.25, -0.2) is 4.98 Å². The molecule has 14 nitrogen and oxygen atoms in total. The van der Waals surface area contributed by atoms with Gasteiger partial charge in [0.25, 0.3) is 5.91 Å². The van der Waals surface area contributed by atoms with E-state index in [4.69, 9.17) is 44.3 Å². The van der Waals surface area contributed by atoms with E-state index in [-0.39, 0.29) is 46.3 Å². The molecule has 0 radical (unpaired) electrons. The highest BCUT2D eigenvalue weighted by molar-refractivity contribution is 6.39. The molecule has 0 aliphatic rings. The fourth-order valence-electron chi connectivity index (χ4n) is 4.82. The standard InChI is InChI=1S/C35H36Cl3N5O9/c1-49-33-20(15-41-27(17-45)35(48)51-3)12-23(36)28(43-33)18-52-29-9-5-7-22(31(29)38)21-6-4-8-24(30(21)37)42-32(46)25-11-10-19(13-39-25)14-40-26(16-44)34(47)50-2/h4-13,26-27,40-41,44-45H,14-18H2,1-3H3,(H,42,46)/t26-,27-/m0/s1. The molecule has 5 N–H and O–H groups in total. The van der Waals surface area contributed by atoms with Crippen molar-refractivity contribution in [1.29, 1.82) is 0 Å². The lowest BCUT2D eigenvalue weighted by Crippen LogP contribution is -2.40. The monoisotopic (exact) mass is 775 g/mol. The molecule has 52 heavy (non-hydrogen) atoms. The number of hydrogen-bond acceptors (Lipinski definition) is 13. The number of aromatic nitrogens is 2. The number of nitrogens with zero attached hydrogens (tertiary/aromatic N) is 2. The highest BCUT2D eigenvalue weighted by atomic mass is 35.5. The van der Waals surface area contributed by atoms with Crippen molar-refractivity contribution in [2.45, 2.75) is 31.8 Å². The lowest BCUT2D eigenvalue weighted by molar-refractivity contribution is -0.145. The minimum atomic E-state index is -0.941. The van der Waals surface area contributed by atoms with Crippen LogP contribution in [-0.4, -0.2) is 84.7 Å². The van der Waals surface area contributed by atoms with Crippen LogP contribution in [0.4, 0.5) is 5.69 Å². The van der Waals surface area contributed by atoms with Gasteiger partial charge in [-0.3, -0.25) is 30.0 Å². The third-order valence-corrected chi connectivity index (χ3v) is 8.76. The molecular formula is C35H36Cl3N5O9. The number of aliphatic hydroxyl groups is 2. The largest absolute Gasteiger partial charge is 0.486 e. The van der Waals surface area contributed by atoms with Crippen LogP contribution >= 0.6 is 34.8 Å². The zero-order valence-corrected chi connectivity index (χ0v) is 30.5. The molecule has 0 bridgehead atoms. The van der Waals surface area contributed by atoms with Crippen LogP contribution in [0.5, 0.6) is 11.6 Å². The number of amides is 1. The number of methoxy groups -OCH3 is 3. The van der Waals surface area contributed by atoms with Crippen molar-refractivity contribution in [3.05, 3.63) is 98.4 Å². The third-order valence-electron chi connectivity index (χ3n) is 7.63. The molecule has 4 rings (SSSR count). The third kappa shape index (κ3) is 10.1. The highest BCUT2D eigenvalue weighted by Gasteiger charge is 2.21. The molecule has 0 unspecified atom stereocenters. The summed E-state index contributed by atoms with van der Waals surface area (Å²) in [4.78, 5) is 45.2. The van der Waals surface area contributed by atoms with Crippen LogP contribution in [0.1, 0.15) is 27.3 Å². The topological polar surface area (TPSA) is 190 Å². The number of ether oxygens (including phenoxy) is 4. The number of benzene rings is 2. The summed E-state index contributed by atoms with van der Waals surface area (Å²) in [5.74, 6) is -1.18. The van der Waals surface area contributed by atoms with Gasteiger partial charge in [0.05, 0.1) is 55.3 Å². The minimum Gasteiger partial charge on any atom is -0.486 e. The summed E-state index contributed by atoms with van der Waals surface area (Å²) in [5.41, 5.74) is 3.06. The number of anilines is 1. The predicted molar refractivity (Wildman–Crippen MR) is 194 cm³/mol. The summed E-state index contributed by atoms with van der Waals surface area (Å²) < 4.78 is 20.8. The normalized spacial score (nSPS) is 12.1. The Morgan fingerprint density at radius 3 is 2.06 bits per heavy atom. The first-order chi connectivity index (χ1) is 25.0. The lowest BCUT2D eigenvalue weighted by atomic mass is 10.0. The Morgan fingerprint density at radius 1 is 0.827 bits per heavy atom. The molecule has 0 spiro atoms. The number of carbonyl (C=O) groups is 3. The van der Waals surface area contributed by atoms with Crippen LogP contribution in [0.3, 0.4) is 0 Å². The van der Waals surface area contributed by atoms with E-state index < -0.39 is 43.1 Å². The van der Waals surface area contributed by atoms with Crippen LogP contribution < -0.4 is 25.4 Å². The zero-order valence-electron chi connectivity index (χ0n) is 28.2. The van der Waals surface area contributed by atoms with Crippen molar-refractivity contribution in [2.75, 3.05) is 39.9 Å². The van der Waals surface area contributed by atoms with Gasteiger partial charge < -0.3 is 34.5 Å². The van der Waals surface area contributed by atoms with Gasteiger partial charge >= 0.3 is 11.9 Å². The van der Waals surface area contributed by atoms with E-state index in [0.29, 0.717) is 39.4 Å². The smallest absolute Gasteiger partial charge is 0.325 e. The number of hydrogen-bond donors (Lipinski definition) is 5. The number of esters is 2. The van der Waals surface area contributed by atoms with Gasteiger partial charge in [0.1, 0.15) is 35.8 Å². The predicted octanol–water partition coefficient (Wildman–Crippen LogP) is 4.19. The number of nitrogens with one attached hydrogen (secondary N) is 3. The molecule has 4 aromatic rings. The Kier molecular flexibility index (Phi) is 15.0. The minimum absolute atomic E-state index is 0.0769. The van der Waals surface area contributed by atoms with E-state index in [0.717, 1.165) is 0 Å². The molecule has 2 aromatic carbocycles. The van der Waals surface area contributed by atoms with Gasteiger partial charge in [0.2, 0.25) is 5.88 Å². The summed E-state index contributed by atoms with van der Waals surface area (Å²) in [6.45, 7) is -0.660. The van der Waals surface area contributed by atoms with Gasteiger partial charge in [-0.1, -0.05) is 65.1 Å².